The summed E-state index contributed by atoms with van der Waals surface area (Å²) in [5, 5.41) is 1.64. The van der Waals surface area contributed by atoms with Crippen LogP contribution in [0.2, 0.25) is 0 Å². The minimum absolute atomic E-state index is 0.700. The summed E-state index contributed by atoms with van der Waals surface area (Å²) in [6.07, 6.45) is 0. The quantitative estimate of drug-likeness (QED) is 0.910. The largest absolute Gasteiger partial charge is 0.497 e. The smallest absolute Gasteiger partial charge is 0.132 e. The van der Waals surface area contributed by atoms with Gasteiger partial charge in [0.1, 0.15) is 22.2 Å². The van der Waals surface area contributed by atoms with Gasteiger partial charge in [-0.1, -0.05) is 0 Å². The molecule has 0 bridgehead atoms. The lowest BCUT2D eigenvalue weighted by Crippen LogP contribution is -1.92. The molecular formula is C12H14N2O2S. The highest BCUT2D eigenvalue weighted by atomic mass is 32.1. The molecule has 0 radical (unpaired) electrons. The minimum Gasteiger partial charge on any atom is -0.497 e. The summed E-state index contributed by atoms with van der Waals surface area (Å²) < 4.78 is 10.5. The van der Waals surface area contributed by atoms with E-state index in [1.165, 1.54) is 11.3 Å². The van der Waals surface area contributed by atoms with Gasteiger partial charge in [0.05, 0.1) is 19.2 Å². The highest BCUT2D eigenvalue weighted by Gasteiger charge is 2.14. The van der Waals surface area contributed by atoms with Crippen molar-refractivity contribution < 1.29 is 9.47 Å². The van der Waals surface area contributed by atoms with Gasteiger partial charge in [-0.3, -0.25) is 0 Å². The van der Waals surface area contributed by atoms with E-state index in [4.69, 9.17) is 15.2 Å². The Balaban J connectivity index is 2.55. The molecule has 1 heterocycles. The van der Waals surface area contributed by atoms with Gasteiger partial charge >= 0.3 is 0 Å². The fraction of sp³-hybridized carbons (Fsp3) is 0.250. The third-order valence-electron chi connectivity index (χ3n) is 2.42. The number of methoxy groups -OCH3 is 2. The SMILES string of the molecule is COc1ccc(-c2nc(C)sc2N)c(OC)c1. The van der Waals surface area contributed by atoms with Crippen LogP contribution in [0.3, 0.4) is 0 Å². The van der Waals surface area contributed by atoms with Crippen LogP contribution in [0.4, 0.5) is 5.00 Å². The molecule has 0 aliphatic heterocycles. The lowest BCUT2D eigenvalue weighted by atomic mass is 10.1. The zero-order chi connectivity index (χ0) is 12.4. The van der Waals surface area contributed by atoms with Crippen molar-refractivity contribution in [1.29, 1.82) is 0 Å². The van der Waals surface area contributed by atoms with Gasteiger partial charge in [-0.2, -0.15) is 0 Å². The molecule has 0 saturated heterocycles. The Kier molecular flexibility index (Phi) is 3.19. The van der Waals surface area contributed by atoms with Crippen molar-refractivity contribution in [3.8, 4) is 22.8 Å². The summed E-state index contributed by atoms with van der Waals surface area (Å²) in [5.41, 5.74) is 7.59. The second-order valence-corrected chi connectivity index (χ2v) is 4.75. The molecule has 2 aromatic rings. The molecule has 0 unspecified atom stereocenters. The van der Waals surface area contributed by atoms with Crippen LogP contribution in [0, 0.1) is 6.92 Å². The number of nitrogens with two attached hydrogens (primary N) is 1. The van der Waals surface area contributed by atoms with E-state index in [1.807, 2.05) is 25.1 Å². The molecule has 0 atom stereocenters. The first-order valence-corrected chi connectivity index (χ1v) is 5.92. The van der Waals surface area contributed by atoms with Crippen molar-refractivity contribution in [3.63, 3.8) is 0 Å². The molecule has 17 heavy (non-hydrogen) atoms. The molecule has 90 valence electrons. The Labute approximate surface area is 104 Å². The molecule has 0 saturated carbocycles. The van der Waals surface area contributed by atoms with Crippen LogP contribution in [0.25, 0.3) is 11.3 Å². The number of anilines is 1. The van der Waals surface area contributed by atoms with Crippen LogP contribution in [-0.4, -0.2) is 19.2 Å². The fourth-order valence-corrected chi connectivity index (χ4v) is 2.34. The van der Waals surface area contributed by atoms with E-state index in [1.54, 1.807) is 14.2 Å². The molecule has 0 fully saturated rings. The third-order valence-corrected chi connectivity index (χ3v) is 3.22. The number of aromatic nitrogens is 1. The first kappa shape index (κ1) is 11.7. The van der Waals surface area contributed by atoms with Crippen molar-refractivity contribution in [3.05, 3.63) is 23.2 Å². The van der Waals surface area contributed by atoms with Gasteiger partial charge in [0.25, 0.3) is 0 Å². The van der Waals surface area contributed by atoms with Gasteiger partial charge in [0.2, 0.25) is 0 Å². The Hall–Kier alpha value is -1.75. The first-order chi connectivity index (χ1) is 8.15. The van der Waals surface area contributed by atoms with E-state index in [-0.39, 0.29) is 0 Å². The molecule has 0 aliphatic carbocycles. The molecule has 4 nitrogen and oxygen atoms in total. The summed E-state index contributed by atoms with van der Waals surface area (Å²) in [7, 11) is 3.24. The molecule has 0 aliphatic rings. The van der Waals surface area contributed by atoms with Crippen LogP contribution in [0.15, 0.2) is 18.2 Å². The van der Waals surface area contributed by atoms with Crippen LogP contribution in [-0.2, 0) is 0 Å². The molecule has 0 amide bonds. The molecular weight excluding hydrogens is 236 g/mol. The van der Waals surface area contributed by atoms with Crippen molar-refractivity contribution >= 4 is 16.3 Å². The van der Waals surface area contributed by atoms with Gasteiger partial charge in [-0.25, -0.2) is 4.98 Å². The number of benzene rings is 1. The fourth-order valence-electron chi connectivity index (χ4n) is 1.63. The second-order valence-electron chi connectivity index (χ2n) is 3.51. The minimum atomic E-state index is 0.700. The monoisotopic (exact) mass is 250 g/mol. The number of nitrogens with zero attached hydrogens (tertiary/aromatic N) is 1. The van der Waals surface area contributed by atoms with Crippen molar-refractivity contribution in [2.45, 2.75) is 6.92 Å². The van der Waals surface area contributed by atoms with E-state index in [0.29, 0.717) is 10.8 Å². The topological polar surface area (TPSA) is 57.4 Å². The van der Waals surface area contributed by atoms with Crippen molar-refractivity contribution in [2.24, 2.45) is 0 Å². The Morgan fingerprint density at radius 1 is 1.24 bits per heavy atom. The number of hydrogen-bond donors (Lipinski definition) is 1. The average molecular weight is 250 g/mol. The van der Waals surface area contributed by atoms with Gasteiger partial charge in [-0.05, 0) is 19.1 Å². The van der Waals surface area contributed by atoms with E-state index < -0.39 is 0 Å². The van der Waals surface area contributed by atoms with Gasteiger partial charge in [0, 0.05) is 11.6 Å². The summed E-state index contributed by atoms with van der Waals surface area (Å²) in [4.78, 5) is 4.42. The van der Waals surface area contributed by atoms with Crippen LogP contribution >= 0.6 is 11.3 Å². The lowest BCUT2D eigenvalue weighted by molar-refractivity contribution is 0.395. The summed E-state index contributed by atoms with van der Waals surface area (Å²) in [6.45, 7) is 1.93. The standard InChI is InChI=1S/C12H14N2O2S/c1-7-14-11(12(13)17-7)9-5-4-8(15-2)6-10(9)16-3/h4-6H,13H2,1-3H3. The second kappa shape index (κ2) is 4.63. The third kappa shape index (κ3) is 2.19. The van der Waals surface area contributed by atoms with Crippen LogP contribution < -0.4 is 15.2 Å². The zero-order valence-electron chi connectivity index (χ0n) is 9.98. The zero-order valence-corrected chi connectivity index (χ0v) is 10.8. The number of rotatable bonds is 3. The average Bonchev–Trinajstić information content (AvgIpc) is 2.67. The van der Waals surface area contributed by atoms with E-state index in [0.717, 1.165) is 22.0 Å². The predicted molar refractivity (Wildman–Crippen MR) is 69.8 cm³/mol. The van der Waals surface area contributed by atoms with Crippen molar-refractivity contribution in [2.75, 3.05) is 20.0 Å². The number of hydrogen-bond acceptors (Lipinski definition) is 5. The summed E-state index contributed by atoms with van der Waals surface area (Å²) in [5.74, 6) is 1.46. The Morgan fingerprint density at radius 3 is 2.53 bits per heavy atom. The number of ether oxygens (including phenoxy) is 2. The first-order valence-electron chi connectivity index (χ1n) is 5.11. The van der Waals surface area contributed by atoms with Gasteiger partial charge < -0.3 is 15.2 Å². The molecule has 5 heteroatoms. The molecule has 2 N–H and O–H groups in total. The van der Waals surface area contributed by atoms with Gasteiger partial charge in [-0.15, -0.1) is 11.3 Å². The maximum absolute atomic E-state index is 5.94. The number of thiazole rings is 1. The number of nitrogen functional groups attached to an aromatic ring is 1. The van der Waals surface area contributed by atoms with E-state index in [2.05, 4.69) is 4.98 Å². The van der Waals surface area contributed by atoms with Crippen LogP contribution in [0.1, 0.15) is 5.01 Å². The molecule has 2 rings (SSSR count). The van der Waals surface area contributed by atoms with Crippen molar-refractivity contribution in [1.82, 2.24) is 4.98 Å². The summed E-state index contributed by atoms with van der Waals surface area (Å²) in [6, 6.07) is 5.60. The number of aryl methyl sites for hydroxylation is 1. The maximum Gasteiger partial charge on any atom is 0.132 e. The summed E-state index contributed by atoms with van der Waals surface area (Å²) >= 11 is 1.47. The molecule has 1 aromatic heterocycles. The molecule has 1 aromatic carbocycles. The maximum atomic E-state index is 5.94. The Bertz CT molecular complexity index is 537. The highest BCUT2D eigenvalue weighted by molar-refractivity contribution is 7.16. The lowest BCUT2D eigenvalue weighted by Gasteiger charge is -2.09. The van der Waals surface area contributed by atoms with E-state index >= 15 is 0 Å². The highest BCUT2D eigenvalue weighted by Crippen LogP contribution is 2.37. The van der Waals surface area contributed by atoms with E-state index in [9.17, 15) is 0 Å². The predicted octanol–water partition coefficient (Wildman–Crippen LogP) is 2.72. The van der Waals surface area contributed by atoms with Crippen LogP contribution in [0.5, 0.6) is 11.5 Å². The normalized spacial score (nSPS) is 10.3. The molecule has 0 spiro atoms. The Morgan fingerprint density at radius 2 is 2.00 bits per heavy atom. The van der Waals surface area contributed by atoms with Gasteiger partial charge in [0.15, 0.2) is 0 Å².